The lowest BCUT2D eigenvalue weighted by Crippen LogP contribution is -2.06. The quantitative estimate of drug-likeness (QED) is 0.874. The van der Waals surface area contributed by atoms with Gasteiger partial charge in [-0.1, -0.05) is 23.4 Å². The minimum Gasteiger partial charge on any atom is -0.330 e. The molecule has 1 aliphatic carbocycles. The van der Waals surface area contributed by atoms with Gasteiger partial charge in [0.05, 0.1) is 6.20 Å². The normalized spacial score (nSPS) is 14.9. The zero-order valence-corrected chi connectivity index (χ0v) is 10.4. The Bertz CT molecular complexity index is 528. The third kappa shape index (κ3) is 2.43. The van der Waals surface area contributed by atoms with Gasteiger partial charge in [-0.25, -0.2) is 0 Å². The highest BCUT2D eigenvalue weighted by Crippen LogP contribution is 2.40. The fourth-order valence-electron chi connectivity index (χ4n) is 2.16. The molecule has 4 heteroatoms. The molecule has 3 rings (SSSR count). The summed E-state index contributed by atoms with van der Waals surface area (Å²) in [5.74, 6) is 0.775. The molecule has 0 amide bonds. The second-order valence-electron chi connectivity index (χ2n) is 4.91. The molecular weight excluding hydrogens is 224 g/mol. The number of nitrogens with two attached hydrogens (primary N) is 1. The number of benzene rings is 1. The van der Waals surface area contributed by atoms with Crippen molar-refractivity contribution < 1.29 is 0 Å². The zero-order chi connectivity index (χ0) is 12.4. The second kappa shape index (κ2) is 4.90. The van der Waals surface area contributed by atoms with Gasteiger partial charge in [-0.2, -0.15) is 0 Å². The van der Waals surface area contributed by atoms with Crippen LogP contribution in [0.2, 0.25) is 0 Å². The Labute approximate surface area is 107 Å². The molecule has 4 nitrogen and oxygen atoms in total. The van der Waals surface area contributed by atoms with Crippen molar-refractivity contribution in [1.29, 1.82) is 0 Å². The SMILES string of the molecule is NCCCn1cc(-c2cccc(C3CC3)c2)nn1. The highest BCUT2D eigenvalue weighted by atomic mass is 15.4. The maximum absolute atomic E-state index is 5.49. The summed E-state index contributed by atoms with van der Waals surface area (Å²) in [4.78, 5) is 0. The lowest BCUT2D eigenvalue weighted by molar-refractivity contribution is 0.564. The molecule has 0 saturated heterocycles. The van der Waals surface area contributed by atoms with Gasteiger partial charge in [0.1, 0.15) is 5.69 Å². The number of rotatable bonds is 5. The van der Waals surface area contributed by atoms with E-state index < -0.39 is 0 Å². The van der Waals surface area contributed by atoms with E-state index in [1.165, 1.54) is 24.0 Å². The van der Waals surface area contributed by atoms with Gasteiger partial charge in [0.2, 0.25) is 0 Å². The molecule has 2 aromatic rings. The smallest absolute Gasteiger partial charge is 0.113 e. The van der Waals surface area contributed by atoms with Crippen molar-refractivity contribution in [2.45, 2.75) is 31.7 Å². The van der Waals surface area contributed by atoms with Crippen LogP contribution in [-0.2, 0) is 6.54 Å². The molecule has 2 N–H and O–H groups in total. The summed E-state index contributed by atoms with van der Waals surface area (Å²) in [7, 11) is 0. The van der Waals surface area contributed by atoms with Crippen LogP contribution in [0.4, 0.5) is 0 Å². The van der Waals surface area contributed by atoms with E-state index in [4.69, 9.17) is 5.73 Å². The van der Waals surface area contributed by atoms with Crippen LogP contribution in [0.15, 0.2) is 30.5 Å². The highest BCUT2D eigenvalue weighted by molar-refractivity contribution is 5.59. The van der Waals surface area contributed by atoms with Gasteiger partial charge in [0, 0.05) is 12.1 Å². The first-order valence-corrected chi connectivity index (χ1v) is 6.57. The van der Waals surface area contributed by atoms with Crippen LogP contribution in [-0.4, -0.2) is 21.5 Å². The summed E-state index contributed by atoms with van der Waals surface area (Å²) in [5.41, 5.74) is 9.05. The fraction of sp³-hybridized carbons (Fsp3) is 0.429. The summed E-state index contributed by atoms with van der Waals surface area (Å²) < 4.78 is 1.87. The lowest BCUT2D eigenvalue weighted by atomic mass is 10.1. The Morgan fingerprint density at radius 2 is 2.22 bits per heavy atom. The van der Waals surface area contributed by atoms with Gasteiger partial charge in [-0.3, -0.25) is 4.68 Å². The van der Waals surface area contributed by atoms with Crippen LogP contribution < -0.4 is 5.73 Å². The molecule has 0 unspecified atom stereocenters. The Hall–Kier alpha value is -1.68. The third-order valence-electron chi connectivity index (χ3n) is 3.36. The number of aromatic nitrogens is 3. The summed E-state index contributed by atoms with van der Waals surface area (Å²) in [5, 5.41) is 8.36. The fourth-order valence-corrected chi connectivity index (χ4v) is 2.16. The van der Waals surface area contributed by atoms with Crippen LogP contribution in [0.3, 0.4) is 0 Å². The summed E-state index contributed by atoms with van der Waals surface area (Å²) in [6.07, 6.45) is 5.59. The largest absolute Gasteiger partial charge is 0.330 e. The molecule has 0 aliphatic heterocycles. The molecule has 0 spiro atoms. The number of aryl methyl sites for hydroxylation is 1. The standard InChI is InChI=1S/C14H18N4/c15-7-2-8-18-10-14(16-17-18)13-4-1-3-12(9-13)11-5-6-11/h1,3-4,9-11H,2,5-8,15H2. The van der Waals surface area contributed by atoms with Gasteiger partial charge in [0.25, 0.3) is 0 Å². The van der Waals surface area contributed by atoms with Crippen molar-refractivity contribution in [1.82, 2.24) is 15.0 Å². The van der Waals surface area contributed by atoms with E-state index in [1.807, 2.05) is 10.9 Å². The van der Waals surface area contributed by atoms with E-state index in [0.717, 1.165) is 24.6 Å². The predicted molar refractivity (Wildman–Crippen MR) is 71.1 cm³/mol. The van der Waals surface area contributed by atoms with Crippen molar-refractivity contribution in [3.05, 3.63) is 36.0 Å². The van der Waals surface area contributed by atoms with Crippen LogP contribution >= 0.6 is 0 Å². The molecule has 18 heavy (non-hydrogen) atoms. The Morgan fingerprint density at radius 3 is 3.00 bits per heavy atom. The molecule has 1 aliphatic rings. The van der Waals surface area contributed by atoms with Crippen molar-refractivity contribution in [2.24, 2.45) is 5.73 Å². The molecule has 1 saturated carbocycles. The van der Waals surface area contributed by atoms with E-state index in [1.54, 1.807) is 0 Å². The minimum absolute atomic E-state index is 0.687. The van der Waals surface area contributed by atoms with Crippen LogP contribution in [0, 0.1) is 0 Å². The van der Waals surface area contributed by atoms with Crippen molar-refractivity contribution in [3.8, 4) is 11.3 Å². The first-order valence-electron chi connectivity index (χ1n) is 6.57. The van der Waals surface area contributed by atoms with E-state index in [-0.39, 0.29) is 0 Å². The van der Waals surface area contributed by atoms with Crippen molar-refractivity contribution in [2.75, 3.05) is 6.54 Å². The highest BCUT2D eigenvalue weighted by Gasteiger charge is 2.23. The Balaban J connectivity index is 1.80. The number of hydrogen-bond acceptors (Lipinski definition) is 3. The summed E-state index contributed by atoms with van der Waals surface area (Å²) >= 11 is 0. The molecule has 1 fully saturated rings. The first kappa shape index (κ1) is 11.4. The summed E-state index contributed by atoms with van der Waals surface area (Å²) in [6, 6.07) is 8.67. The monoisotopic (exact) mass is 242 g/mol. The van der Waals surface area contributed by atoms with Crippen molar-refractivity contribution >= 4 is 0 Å². The second-order valence-corrected chi connectivity index (χ2v) is 4.91. The van der Waals surface area contributed by atoms with E-state index in [9.17, 15) is 0 Å². The number of hydrogen-bond donors (Lipinski definition) is 1. The first-order chi connectivity index (χ1) is 8.86. The lowest BCUT2D eigenvalue weighted by Gasteiger charge is -2.00. The van der Waals surface area contributed by atoms with E-state index in [2.05, 4.69) is 34.6 Å². The van der Waals surface area contributed by atoms with Crippen LogP contribution in [0.25, 0.3) is 11.3 Å². The molecular formula is C14H18N4. The van der Waals surface area contributed by atoms with E-state index >= 15 is 0 Å². The minimum atomic E-state index is 0.687. The maximum Gasteiger partial charge on any atom is 0.113 e. The van der Waals surface area contributed by atoms with Gasteiger partial charge in [0.15, 0.2) is 0 Å². The number of nitrogens with zero attached hydrogens (tertiary/aromatic N) is 3. The molecule has 0 atom stereocenters. The summed E-state index contributed by atoms with van der Waals surface area (Å²) in [6.45, 7) is 1.53. The van der Waals surface area contributed by atoms with Gasteiger partial charge >= 0.3 is 0 Å². The average Bonchev–Trinajstić information content (AvgIpc) is 3.16. The third-order valence-corrected chi connectivity index (χ3v) is 3.36. The molecule has 0 radical (unpaired) electrons. The zero-order valence-electron chi connectivity index (χ0n) is 10.4. The van der Waals surface area contributed by atoms with Gasteiger partial charge in [-0.05, 0) is 43.4 Å². The molecule has 0 bridgehead atoms. The average molecular weight is 242 g/mol. The Kier molecular flexibility index (Phi) is 3.11. The molecule has 1 aromatic carbocycles. The predicted octanol–water partition coefficient (Wildman–Crippen LogP) is 2.17. The molecule has 94 valence electrons. The maximum atomic E-state index is 5.49. The van der Waals surface area contributed by atoms with E-state index in [0.29, 0.717) is 6.54 Å². The molecule has 1 aromatic heterocycles. The van der Waals surface area contributed by atoms with Gasteiger partial charge < -0.3 is 5.73 Å². The van der Waals surface area contributed by atoms with Crippen LogP contribution in [0.1, 0.15) is 30.7 Å². The topological polar surface area (TPSA) is 56.7 Å². The van der Waals surface area contributed by atoms with Crippen LogP contribution in [0.5, 0.6) is 0 Å². The Morgan fingerprint density at radius 1 is 1.33 bits per heavy atom. The molecule has 1 heterocycles. The van der Waals surface area contributed by atoms with Crippen molar-refractivity contribution in [3.63, 3.8) is 0 Å². The van der Waals surface area contributed by atoms with Gasteiger partial charge in [-0.15, -0.1) is 5.10 Å².